The normalized spacial score (nSPS) is 14.4. The molecule has 0 bridgehead atoms. The van der Waals surface area contributed by atoms with E-state index in [1.165, 1.54) is 0 Å². The Morgan fingerprint density at radius 3 is 2.08 bits per heavy atom. The molecule has 0 spiro atoms. The molecule has 2 heteroatoms. The number of nitrogens with zero attached hydrogens (tertiary/aromatic N) is 2. The maximum atomic E-state index is 8.49. The minimum absolute atomic E-state index is 0.264. The molecule has 0 aliphatic carbocycles. The third-order valence-corrected chi connectivity index (χ3v) is 2.15. The van der Waals surface area contributed by atoms with Crippen LogP contribution in [0.4, 0.5) is 0 Å². The van der Waals surface area contributed by atoms with E-state index in [0.29, 0.717) is 12.5 Å². The van der Waals surface area contributed by atoms with Crippen LogP contribution in [0.3, 0.4) is 0 Å². The van der Waals surface area contributed by atoms with Crippen LogP contribution in [0.25, 0.3) is 0 Å². The van der Waals surface area contributed by atoms with E-state index >= 15 is 0 Å². The Labute approximate surface area is 76.2 Å². The first-order chi connectivity index (χ1) is 5.39. The zero-order valence-electron chi connectivity index (χ0n) is 8.89. The van der Waals surface area contributed by atoms with Gasteiger partial charge >= 0.3 is 0 Å². The van der Waals surface area contributed by atoms with Crippen molar-refractivity contribution in [2.45, 2.75) is 39.7 Å². The van der Waals surface area contributed by atoms with Crippen molar-refractivity contribution >= 4 is 0 Å². The van der Waals surface area contributed by atoms with E-state index in [-0.39, 0.29) is 5.41 Å². The second-order valence-corrected chi connectivity index (χ2v) is 4.54. The van der Waals surface area contributed by atoms with Crippen LogP contribution in [-0.2, 0) is 0 Å². The summed E-state index contributed by atoms with van der Waals surface area (Å²) in [6, 6.07) is 2.70. The monoisotopic (exact) mass is 168 g/mol. The highest BCUT2D eigenvalue weighted by Gasteiger charge is 2.25. The Hall–Kier alpha value is -0.550. The van der Waals surface area contributed by atoms with Crippen LogP contribution in [0.1, 0.15) is 33.6 Å². The summed E-state index contributed by atoms with van der Waals surface area (Å²) in [7, 11) is 4.15. The fraction of sp³-hybridized carbons (Fsp3) is 0.900. The Balaban J connectivity index is 4.17. The van der Waals surface area contributed by atoms with Gasteiger partial charge in [0.05, 0.1) is 6.07 Å². The summed E-state index contributed by atoms with van der Waals surface area (Å²) in [5, 5.41) is 8.49. The molecule has 0 saturated carbocycles. The second-order valence-electron chi connectivity index (χ2n) is 4.54. The van der Waals surface area contributed by atoms with Crippen LogP contribution >= 0.6 is 0 Å². The van der Waals surface area contributed by atoms with E-state index in [9.17, 15) is 0 Å². The van der Waals surface area contributed by atoms with E-state index in [2.05, 4.69) is 45.8 Å². The summed E-state index contributed by atoms with van der Waals surface area (Å²) in [6.07, 6.45) is 1.62. The van der Waals surface area contributed by atoms with Crippen molar-refractivity contribution in [1.29, 1.82) is 5.26 Å². The van der Waals surface area contributed by atoms with Gasteiger partial charge in [-0.1, -0.05) is 20.8 Å². The summed E-state index contributed by atoms with van der Waals surface area (Å²) >= 11 is 0. The second kappa shape index (κ2) is 4.47. The summed E-state index contributed by atoms with van der Waals surface area (Å²) in [5.74, 6) is 0. The molecular formula is C10H20N2. The average molecular weight is 168 g/mol. The Morgan fingerprint density at radius 1 is 1.33 bits per heavy atom. The Bertz CT molecular complexity index is 160. The molecule has 0 fully saturated rings. The lowest BCUT2D eigenvalue weighted by atomic mass is 9.83. The van der Waals surface area contributed by atoms with Crippen LogP contribution in [0, 0.1) is 16.7 Å². The van der Waals surface area contributed by atoms with Gasteiger partial charge in [0.25, 0.3) is 0 Å². The molecule has 0 aromatic carbocycles. The zero-order valence-corrected chi connectivity index (χ0v) is 8.89. The number of nitriles is 1. The van der Waals surface area contributed by atoms with E-state index in [4.69, 9.17) is 5.26 Å². The largest absolute Gasteiger partial charge is 0.306 e. The topological polar surface area (TPSA) is 27.0 Å². The number of hydrogen-bond acceptors (Lipinski definition) is 2. The molecule has 1 atom stereocenters. The molecule has 0 radical (unpaired) electrons. The van der Waals surface area contributed by atoms with Gasteiger partial charge in [0, 0.05) is 12.5 Å². The fourth-order valence-corrected chi connectivity index (χ4v) is 1.67. The van der Waals surface area contributed by atoms with Gasteiger partial charge in [-0.05, 0) is 25.9 Å². The van der Waals surface area contributed by atoms with Crippen LogP contribution in [0.15, 0.2) is 0 Å². The molecule has 0 amide bonds. The molecule has 0 saturated heterocycles. The third kappa shape index (κ3) is 3.73. The highest BCUT2D eigenvalue weighted by molar-refractivity contribution is 4.83. The van der Waals surface area contributed by atoms with Crippen molar-refractivity contribution in [3.05, 3.63) is 0 Å². The van der Waals surface area contributed by atoms with Crippen molar-refractivity contribution in [2.75, 3.05) is 14.1 Å². The smallest absolute Gasteiger partial charge is 0.0622 e. The van der Waals surface area contributed by atoms with E-state index in [1.807, 2.05) is 0 Å². The number of rotatable bonds is 3. The van der Waals surface area contributed by atoms with Crippen molar-refractivity contribution < 1.29 is 0 Å². The standard InChI is InChI=1S/C10H20N2/c1-10(2,3)9(12(4)5)7-6-8-11/h9H,6-7H2,1-5H3. The molecule has 0 aliphatic rings. The van der Waals surface area contributed by atoms with Crippen LogP contribution < -0.4 is 0 Å². The van der Waals surface area contributed by atoms with E-state index < -0.39 is 0 Å². The van der Waals surface area contributed by atoms with Gasteiger partial charge in [-0.25, -0.2) is 0 Å². The van der Waals surface area contributed by atoms with Gasteiger partial charge in [-0.15, -0.1) is 0 Å². The molecule has 0 aromatic rings. The van der Waals surface area contributed by atoms with E-state index in [0.717, 1.165) is 6.42 Å². The van der Waals surface area contributed by atoms with Crippen molar-refractivity contribution in [2.24, 2.45) is 5.41 Å². The fourth-order valence-electron chi connectivity index (χ4n) is 1.67. The molecule has 0 aliphatic heterocycles. The Morgan fingerprint density at radius 2 is 1.83 bits per heavy atom. The quantitative estimate of drug-likeness (QED) is 0.646. The first-order valence-corrected chi connectivity index (χ1v) is 4.43. The molecule has 12 heavy (non-hydrogen) atoms. The molecule has 0 aromatic heterocycles. The first-order valence-electron chi connectivity index (χ1n) is 4.43. The molecule has 0 rings (SSSR count). The van der Waals surface area contributed by atoms with Crippen LogP contribution in [0.2, 0.25) is 0 Å². The Kier molecular flexibility index (Phi) is 4.26. The minimum Gasteiger partial charge on any atom is -0.306 e. The molecule has 0 N–H and O–H groups in total. The summed E-state index contributed by atoms with van der Waals surface area (Å²) in [4.78, 5) is 2.21. The third-order valence-electron chi connectivity index (χ3n) is 2.15. The predicted octanol–water partition coefficient (Wildman–Crippen LogP) is 2.27. The van der Waals surface area contributed by atoms with Crippen LogP contribution in [0.5, 0.6) is 0 Å². The van der Waals surface area contributed by atoms with Gasteiger partial charge in [0.2, 0.25) is 0 Å². The van der Waals surface area contributed by atoms with Gasteiger partial charge in [0.1, 0.15) is 0 Å². The molecular weight excluding hydrogens is 148 g/mol. The summed E-state index contributed by atoms with van der Waals surface area (Å²) in [5.41, 5.74) is 0.264. The van der Waals surface area contributed by atoms with Crippen molar-refractivity contribution in [3.63, 3.8) is 0 Å². The van der Waals surface area contributed by atoms with E-state index in [1.54, 1.807) is 0 Å². The predicted molar refractivity (Wildman–Crippen MR) is 51.8 cm³/mol. The van der Waals surface area contributed by atoms with Crippen molar-refractivity contribution in [3.8, 4) is 6.07 Å². The number of hydrogen-bond donors (Lipinski definition) is 0. The maximum Gasteiger partial charge on any atom is 0.0622 e. The SMILES string of the molecule is CN(C)C(CCC#N)C(C)(C)C. The lowest BCUT2D eigenvalue weighted by molar-refractivity contribution is 0.144. The lowest BCUT2D eigenvalue weighted by Crippen LogP contribution is -2.39. The lowest BCUT2D eigenvalue weighted by Gasteiger charge is -2.35. The highest BCUT2D eigenvalue weighted by atomic mass is 15.1. The van der Waals surface area contributed by atoms with Gasteiger partial charge < -0.3 is 4.90 Å². The zero-order chi connectivity index (χ0) is 9.78. The average Bonchev–Trinajstić information content (AvgIpc) is 1.84. The van der Waals surface area contributed by atoms with Gasteiger partial charge in [-0.2, -0.15) is 5.26 Å². The highest BCUT2D eigenvalue weighted by Crippen LogP contribution is 2.25. The summed E-state index contributed by atoms with van der Waals surface area (Å²) in [6.45, 7) is 6.65. The molecule has 1 unspecified atom stereocenters. The van der Waals surface area contributed by atoms with Gasteiger partial charge in [0.15, 0.2) is 0 Å². The minimum atomic E-state index is 0.264. The van der Waals surface area contributed by atoms with Crippen LogP contribution in [-0.4, -0.2) is 25.0 Å². The summed E-state index contributed by atoms with van der Waals surface area (Å²) < 4.78 is 0. The molecule has 0 heterocycles. The van der Waals surface area contributed by atoms with Gasteiger partial charge in [-0.3, -0.25) is 0 Å². The van der Waals surface area contributed by atoms with Crippen molar-refractivity contribution in [1.82, 2.24) is 4.90 Å². The molecule has 70 valence electrons. The maximum absolute atomic E-state index is 8.49. The first kappa shape index (κ1) is 11.4. The molecule has 2 nitrogen and oxygen atoms in total.